The van der Waals surface area contributed by atoms with Gasteiger partial charge in [0.25, 0.3) is 0 Å². The van der Waals surface area contributed by atoms with E-state index in [-0.39, 0.29) is 10.7 Å². The van der Waals surface area contributed by atoms with Crippen LogP contribution in [-0.4, -0.2) is 34.4 Å². The van der Waals surface area contributed by atoms with Gasteiger partial charge in [-0.3, -0.25) is 4.79 Å². The van der Waals surface area contributed by atoms with Gasteiger partial charge < -0.3 is 4.90 Å². The predicted molar refractivity (Wildman–Crippen MR) is 81.2 cm³/mol. The largest absolute Gasteiger partial charge is 0.334 e. The summed E-state index contributed by atoms with van der Waals surface area (Å²) in [6.45, 7) is 7.66. The summed E-state index contributed by atoms with van der Waals surface area (Å²) in [4.78, 5) is 14.9. The van der Waals surface area contributed by atoms with Gasteiger partial charge in [-0.05, 0) is 25.0 Å². The zero-order chi connectivity index (χ0) is 13.6. The van der Waals surface area contributed by atoms with Crippen molar-refractivity contribution in [2.45, 2.75) is 57.7 Å². The normalized spacial score (nSPS) is 36.8. The monoisotopic (exact) mass is 279 g/mol. The van der Waals surface area contributed by atoms with Crippen molar-refractivity contribution in [2.24, 2.45) is 11.3 Å². The topological polar surface area (TPSA) is 20.3 Å². The summed E-state index contributed by atoms with van der Waals surface area (Å²) in [6, 6.07) is 0.448. The molecule has 19 heavy (non-hydrogen) atoms. The van der Waals surface area contributed by atoms with Crippen LogP contribution >= 0.6 is 11.8 Å². The lowest BCUT2D eigenvalue weighted by Gasteiger charge is -2.45. The first-order chi connectivity index (χ1) is 9.07. The van der Waals surface area contributed by atoms with Crippen molar-refractivity contribution < 1.29 is 4.79 Å². The van der Waals surface area contributed by atoms with Gasteiger partial charge in [0, 0.05) is 23.9 Å². The molecule has 0 aromatic heterocycles. The quantitative estimate of drug-likeness (QED) is 0.721. The number of hydrogen-bond acceptors (Lipinski definition) is 2. The maximum Gasteiger partial charge on any atom is 0.236 e. The fraction of sp³-hybridized carbons (Fsp3) is 0.812. The van der Waals surface area contributed by atoms with Gasteiger partial charge in [0.1, 0.15) is 0 Å². The third kappa shape index (κ3) is 1.96. The molecule has 0 N–H and O–H groups in total. The zero-order valence-corrected chi connectivity index (χ0v) is 13.1. The molecule has 2 aliphatic heterocycles. The number of fused-ring (bicyclic) bond motifs is 3. The first-order valence-electron chi connectivity index (χ1n) is 7.68. The first kappa shape index (κ1) is 13.5. The van der Waals surface area contributed by atoms with Crippen LogP contribution in [0.15, 0.2) is 11.6 Å². The van der Waals surface area contributed by atoms with Crippen molar-refractivity contribution in [2.75, 3.05) is 12.3 Å². The average Bonchev–Trinajstić information content (AvgIpc) is 2.60. The van der Waals surface area contributed by atoms with Crippen LogP contribution in [0, 0.1) is 11.3 Å². The summed E-state index contributed by atoms with van der Waals surface area (Å²) in [5, 5.41) is 0.164. The number of thioether (sulfide) groups is 1. The Labute approximate surface area is 121 Å². The Morgan fingerprint density at radius 1 is 1.42 bits per heavy atom. The molecule has 0 spiro atoms. The Bertz CT molecular complexity index is 415. The van der Waals surface area contributed by atoms with Crippen molar-refractivity contribution >= 4 is 17.7 Å². The molecule has 2 heterocycles. The lowest BCUT2D eigenvalue weighted by Crippen LogP contribution is -2.48. The maximum absolute atomic E-state index is 12.7. The van der Waals surface area contributed by atoms with E-state index in [4.69, 9.17) is 0 Å². The Morgan fingerprint density at radius 3 is 2.95 bits per heavy atom. The number of amides is 1. The van der Waals surface area contributed by atoms with Crippen LogP contribution in [-0.2, 0) is 4.79 Å². The number of nitrogens with zero attached hydrogens (tertiary/aromatic N) is 1. The molecule has 2 fully saturated rings. The summed E-state index contributed by atoms with van der Waals surface area (Å²) in [5.74, 6) is 2.07. The second-order valence-electron chi connectivity index (χ2n) is 6.72. The molecule has 1 saturated heterocycles. The minimum atomic E-state index is 0.110. The molecule has 0 bridgehead atoms. The van der Waals surface area contributed by atoms with Crippen LogP contribution < -0.4 is 0 Å². The SMILES string of the molecule is CCS[C@H]1C(=O)N2CC=C3CCCC[C@@H]3[C@@H]2C1(C)C. The van der Waals surface area contributed by atoms with Gasteiger partial charge in [-0.2, -0.15) is 0 Å². The first-order valence-corrected chi connectivity index (χ1v) is 8.73. The van der Waals surface area contributed by atoms with E-state index in [1.165, 1.54) is 25.7 Å². The Balaban J connectivity index is 1.95. The van der Waals surface area contributed by atoms with E-state index in [1.54, 1.807) is 5.57 Å². The molecule has 0 aromatic rings. The van der Waals surface area contributed by atoms with Crippen molar-refractivity contribution in [3.63, 3.8) is 0 Å². The highest BCUT2D eigenvalue weighted by Gasteiger charge is 2.57. The number of hydrogen-bond donors (Lipinski definition) is 0. The smallest absolute Gasteiger partial charge is 0.236 e. The molecule has 3 heteroatoms. The van der Waals surface area contributed by atoms with Gasteiger partial charge in [0.15, 0.2) is 0 Å². The third-order valence-corrected chi connectivity index (χ3v) is 6.73. The van der Waals surface area contributed by atoms with Crippen LogP contribution in [0.1, 0.15) is 46.5 Å². The molecule has 3 atom stereocenters. The number of rotatable bonds is 2. The highest BCUT2D eigenvalue weighted by molar-refractivity contribution is 8.00. The zero-order valence-electron chi connectivity index (χ0n) is 12.3. The Kier molecular flexibility index (Phi) is 3.45. The highest BCUT2D eigenvalue weighted by atomic mass is 32.2. The number of carbonyl (C=O) groups excluding carboxylic acids is 1. The molecule has 3 aliphatic rings. The highest BCUT2D eigenvalue weighted by Crippen LogP contribution is 2.52. The molecule has 1 saturated carbocycles. The van der Waals surface area contributed by atoms with Crippen molar-refractivity contribution in [1.82, 2.24) is 4.90 Å². The molecule has 1 amide bonds. The minimum Gasteiger partial charge on any atom is -0.334 e. The van der Waals surface area contributed by atoms with Crippen LogP contribution in [0.3, 0.4) is 0 Å². The predicted octanol–water partition coefficient (Wildman–Crippen LogP) is 3.48. The van der Waals surface area contributed by atoms with Gasteiger partial charge in [0.05, 0.1) is 5.25 Å². The van der Waals surface area contributed by atoms with E-state index in [0.29, 0.717) is 17.9 Å². The fourth-order valence-corrected chi connectivity index (χ4v) is 5.63. The molecule has 3 rings (SSSR count). The summed E-state index contributed by atoms with van der Waals surface area (Å²) in [5.41, 5.74) is 1.76. The van der Waals surface area contributed by atoms with Crippen molar-refractivity contribution in [1.29, 1.82) is 0 Å². The summed E-state index contributed by atoms with van der Waals surface area (Å²) in [6.07, 6.45) is 7.59. The molecule has 0 unspecified atom stereocenters. The van der Waals surface area contributed by atoms with Crippen LogP contribution in [0.2, 0.25) is 0 Å². The second kappa shape index (κ2) is 4.83. The van der Waals surface area contributed by atoms with Gasteiger partial charge >= 0.3 is 0 Å². The van der Waals surface area contributed by atoms with Gasteiger partial charge in [-0.25, -0.2) is 0 Å². The van der Waals surface area contributed by atoms with Crippen LogP contribution in [0.25, 0.3) is 0 Å². The molecular weight excluding hydrogens is 254 g/mol. The minimum absolute atomic E-state index is 0.110. The van der Waals surface area contributed by atoms with Crippen LogP contribution in [0.5, 0.6) is 0 Å². The molecule has 1 aliphatic carbocycles. The Morgan fingerprint density at radius 2 is 2.21 bits per heavy atom. The second-order valence-corrected chi connectivity index (χ2v) is 8.11. The summed E-state index contributed by atoms with van der Waals surface area (Å²) in [7, 11) is 0. The molecule has 0 aromatic carbocycles. The fourth-order valence-electron chi connectivity index (χ4n) is 4.45. The van der Waals surface area contributed by atoms with Crippen LogP contribution in [0.4, 0.5) is 0 Å². The third-order valence-electron chi connectivity index (χ3n) is 5.25. The molecular formula is C16H25NOS. The van der Waals surface area contributed by atoms with Gasteiger partial charge in [-0.15, -0.1) is 11.8 Å². The van der Waals surface area contributed by atoms with Crippen molar-refractivity contribution in [3.05, 3.63) is 11.6 Å². The van der Waals surface area contributed by atoms with E-state index in [9.17, 15) is 4.79 Å². The lowest BCUT2D eigenvalue weighted by molar-refractivity contribution is -0.128. The number of carbonyl (C=O) groups is 1. The molecule has 106 valence electrons. The standard InChI is InChI=1S/C16H25NOS/c1-4-19-14-15(18)17-10-9-11-7-5-6-8-12(11)13(17)16(14,2)3/h9,12-14H,4-8,10H2,1-3H3/t12-,13+,14-/m0/s1. The van der Waals surface area contributed by atoms with Crippen molar-refractivity contribution in [3.8, 4) is 0 Å². The van der Waals surface area contributed by atoms with E-state index < -0.39 is 0 Å². The average molecular weight is 279 g/mol. The van der Waals surface area contributed by atoms with E-state index in [0.717, 1.165) is 12.3 Å². The van der Waals surface area contributed by atoms with E-state index >= 15 is 0 Å². The summed E-state index contributed by atoms with van der Waals surface area (Å²) < 4.78 is 0. The molecule has 2 nitrogen and oxygen atoms in total. The van der Waals surface area contributed by atoms with Gasteiger partial charge in [-0.1, -0.05) is 38.8 Å². The Hall–Kier alpha value is -0.440. The maximum atomic E-state index is 12.7. The van der Waals surface area contributed by atoms with E-state index in [2.05, 4.69) is 31.7 Å². The van der Waals surface area contributed by atoms with E-state index in [1.807, 2.05) is 11.8 Å². The molecule has 0 radical (unpaired) electrons. The van der Waals surface area contributed by atoms with Gasteiger partial charge in [0.2, 0.25) is 5.91 Å². The lowest BCUT2D eigenvalue weighted by atomic mass is 9.69. The summed E-state index contributed by atoms with van der Waals surface area (Å²) >= 11 is 1.84.